The number of alkyl halides is 3. The van der Waals surface area contributed by atoms with Gasteiger partial charge >= 0.3 is 6.18 Å². The van der Waals surface area contributed by atoms with Gasteiger partial charge in [-0.15, -0.1) is 0 Å². The summed E-state index contributed by atoms with van der Waals surface area (Å²) < 4.78 is 36.2. The van der Waals surface area contributed by atoms with E-state index in [2.05, 4.69) is 0 Å². The lowest BCUT2D eigenvalue weighted by molar-refractivity contribution is -0.0861. The highest BCUT2D eigenvalue weighted by atomic mass is 19.4. The summed E-state index contributed by atoms with van der Waals surface area (Å²) in [6.07, 6.45) is -0.788. The Balaban J connectivity index is 4.80. The van der Waals surface area contributed by atoms with Crippen molar-refractivity contribution in [2.24, 2.45) is 0 Å². The Morgan fingerprint density at radius 1 is 1.33 bits per heavy atom. The van der Waals surface area contributed by atoms with E-state index < -0.39 is 17.5 Å². The van der Waals surface area contributed by atoms with Crippen LogP contribution < -0.4 is 0 Å². The van der Waals surface area contributed by atoms with E-state index in [0.717, 1.165) is 13.0 Å². The number of hydrogen-bond acceptors (Lipinski definition) is 1. The zero-order valence-corrected chi connectivity index (χ0v) is 6.87. The third kappa shape index (κ3) is 3.37. The van der Waals surface area contributed by atoms with Crippen LogP contribution in [0.2, 0.25) is 0 Å². The summed E-state index contributed by atoms with van der Waals surface area (Å²) in [6, 6.07) is 0. The van der Waals surface area contributed by atoms with E-state index >= 15 is 0 Å². The fourth-order valence-corrected chi connectivity index (χ4v) is 0.625. The van der Waals surface area contributed by atoms with E-state index in [4.69, 9.17) is 5.41 Å². The molecule has 0 radical (unpaired) electrons. The van der Waals surface area contributed by atoms with Crippen LogP contribution in [0.3, 0.4) is 0 Å². The molecule has 1 nitrogen and oxygen atoms in total. The summed E-state index contributed by atoms with van der Waals surface area (Å²) in [5.74, 6) is 0. The van der Waals surface area contributed by atoms with Crippen molar-refractivity contribution in [1.29, 1.82) is 5.41 Å². The Hall–Kier alpha value is -1.06. The van der Waals surface area contributed by atoms with Gasteiger partial charge < -0.3 is 5.41 Å². The Bertz CT molecular complexity index is 223. The Labute approximate surface area is 69.1 Å². The molecule has 0 amide bonds. The van der Waals surface area contributed by atoms with Gasteiger partial charge in [-0.25, -0.2) is 0 Å². The molecule has 68 valence electrons. The first-order valence-electron chi connectivity index (χ1n) is 3.35. The molecule has 0 saturated carbocycles. The summed E-state index contributed by atoms with van der Waals surface area (Å²) in [4.78, 5) is 0. The van der Waals surface area contributed by atoms with E-state index in [1.165, 1.54) is 12.2 Å². The molecule has 0 rings (SSSR count). The van der Waals surface area contributed by atoms with Crippen molar-refractivity contribution < 1.29 is 13.2 Å². The molecular formula is C8H10F3N. The minimum absolute atomic E-state index is 0.472. The van der Waals surface area contributed by atoms with Crippen LogP contribution in [-0.4, -0.2) is 11.9 Å². The molecular weight excluding hydrogens is 167 g/mol. The van der Waals surface area contributed by atoms with Crippen LogP contribution in [0.4, 0.5) is 13.2 Å². The SMILES string of the molecule is C/C=C\C=C(/C(C)=N)C(F)(F)F. The largest absolute Gasteiger partial charge is 0.418 e. The van der Waals surface area contributed by atoms with Crippen molar-refractivity contribution in [3.63, 3.8) is 0 Å². The molecule has 0 bridgehead atoms. The van der Waals surface area contributed by atoms with Crippen LogP contribution in [0.25, 0.3) is 0 Å². The second-order valence-corrected chi connectivity index (χ2v) is 2.23. The minimum atomic E-state index is -4.43. The van der Waals surface area contributed by atoms with Crippen LogP contribution in [0.5, 0.6) is 0 Å². The monoisotopic (exact) mass is 177 g/mol. The van der Waals surface area contributed by atoms with Gasteiger partial charge in [0.15, 0.2) is 0 Å². The molecule has 0 saturated heterocycles. The van der Waals surface area contributed by atoms with E-state index in [1.54, 1.807) is 6.92 Å². The third-order valence-corrected chi connectivity index (χ3v) is 1.16. The van der Waals surface area contributed by atoms with Gasteiger partial charge in [-0.2, -0.15) is 13.2 Å². The fourth-order valence-electron chi connectivity index (χ4n) is 0.625. The molecule has 12 heavy (non-hydrogen) atoms. The molecule has 0 unspecified atom stereocenters. The van der Waals surface area contributed by atoms with Crippen molar-refractivity contribution in [2.45, 2.75) is 20.0 Å². The number of nitrogens with one attached hydrogen (secondary N) is 1. The standard InChI is InChI=1S/C8H10F3N/c1-3-4-5-7(6(2)12)8(9,10)11/h3-5,12H,1-2H3/b4-3-,7-5+,12-6?. The zero-order chi connectivity index (χ0) is 9.78. The molecule has 0 aromatic heterocycles. The van der Waals surface area contributed by atoms with Crippen LogP contribution in [0.15, 0.2) is 23.8 Å². The normalized spacial score (nSPS) is 13.9. The molecule has 0 fully saturated rings. The average Bonchev–Trinajstić information content (AvgIpc) is 1.84. The Morgan fingerprint density at radius 3 is 2.08 bits per heavy atom. The number of allylic oxidation sites excluding steroid dienone is 4. The molecule has 0 aromatic carbocycles. The van der Waals surface area contributed by atoms with Gasteiger partial charge in [-0.05, 0) is 19.9 Å². The van der Waals surface area contributed by atoms with Crippen molar-refractivity contribution in [3.8, 4) is 0 Å². The first-order valence-corrected chi connectivity index (χ1v) is 3.35. The highest BCUT2D eigenvalue weighted by molar-refractivity contribution is 5.97. The second-order valence-electron chi connectivity index (χ2n) is 2.23. The van der Waals surface area contributed by atoms with E-state index in [0.29, 0.717) is 0 Å². The summed E-state index contributed by atoms with van der Waals surface area (Å²) in [5.41, 5.74) is -1.37. The highest BCUT2D eigenvalue weighted by Gasteiger charge is 2.34. The lowest BCUT2D eigenvalue weighted by atomic mass is 10.1. The molecule has 0 aliphatic carbocycles. The Kier molecular flexibility index (Phi) is 3.73. The van der Waals surface area contributed by atoms with Crippen LogP contribution >= 0.6 is 0 Å². The van der Waals surface area contributed by atoms with Gasteiger partial charge in [0, 0.05) is 5.71 Å². The maximum atomic E-state index is 12.1. The highest BCUT2D eigenvalue weighted by Crippen LogP contribution is 2.26. The quantitative estimate of drug-likeness (QED) is 0.495. The van der Waals surface area contributed by atoms with Crippen LogP contribution in [0.1, 0.15) is 13.8 Å². The number of halogens is 3. The van der Waals surface area contributed by atoms with Gasteiger partial charge in [0.1, 0.15) is 0 Å². The molecule has 0 spiro atoms. The summed E-state index contributed by atoms with van der Waals surface area (Å²) in [6.45, 7) is 2.73. The zero-order valence-electron chi connectivity index (χ0n) is 6.87. The van der Waals surface area contributed by atoms with Gasteiger partial charge in [-0.3, -0.25) is 0 Å². The predicted octanol–water partition coefficient (Wildman–Crippen LogP) is 3.09. The summed E-state index contributed by atoms with van der Waals surface area (Å²) in [7, 11) is 0. The van der Waals surface area contributed by atoms with Gasteiger partial charge in [0.2, 0.25) is 0 Å². The first kappa shape index (κ1) is 10.9. The van der Waals surface area contributed by atoms with Crippen LogP contribution in [0, 0.1) is 5.41 Å². The van der Waals surface area contributed by atoms with E-state index in [-0.39, 0.29) is 0 Å². The topological polar surface area (TPSA) is 23.9 Å². The number of rotatable bonds is 2. The van der Waals surface area contributed by atoms with Gasteiger partial charge in [0.05, 0.1) is 5.57 Å². The van der Waals surface area contributed by atoms with Crippen molar-refractivity contribution in [3.05, 3.63) is 23.8 Å². The maximum absolute atomic E-state index is 12.1. The maximum Gasteiger partial charge on any atom is 0.418 e. The lowest BCUT2D eigenvalue weighted by Gasteiger charge is -2.08. The van der Waals surface area contributed by atoms with Crippen molar-refractivity contribution in [1.82, 2.24) is 0 Å². The lowest BCUT2D eigenvalue weighted by Crippen LogP contribution is -2.17. The molecule has 0 atom stereocenters. The van der Waals surface area contributed by atoms with Gasteiger partial charge in [0.25, 0.3) is 0 Å². The minimum Gasteiger partial charge on any atom is -0.305 e. The Morgan fingerprint density at radius 2 is 1.83 bits per heavy atom. The van der Waals surface area contributed by atoms with Crippen molar-refractivity contribution in [2.75, 3.05) is 0 Å². The fraction of sp³-hybridized carbons (Fsp3) is 0.375. The predicted molar refractivity (Wildman–Crippen MR) is 42.4 cm³/mol. The third-order valence-electron chi connectivity index (χ3n) is 1.16. The molecule has 0 heterocycles. The second kappa shape index (κ2) is 4.09. The first-order chi connectivity index (χ1) is 5.39. The molecule has 4 heteroatoms. The van der Waals surface area contributed by atoms with Crippen molar-refractivity contribution >= 4 is 5.71 Å². The van der Waals surface area contributed by atoms with E-state index in [9.17, 15) is 13.2 Å². The summed E-state index contributed by atoms with van der Waals surface area (Å²) >= 11 is 0. The van der Waals surface area contributed by atoms with E-state index in [1.807, 2.05) is 0 Å². The molecule has 1 N–H and O–H groups in total. The van der Waals surface area contributed by atoms with Gasteiger partial charge in [-0.1, -0.05) is 12.2 Å². The van der Waals surface area contributed by atoms with Crippen LogP contribution in [-0.2, 0) is 0 Å². The average molecular weight is 177 g/mol. The smallest absolute Gasteiger partial charge is 0.305 e. The summed E-state index contributed by atoms with van der Waals surface area (Å²) in [5, 5.41) is 6.86. The molecule has 0 aliphatic rings. The number of hydrogen-bond donors (Lipinski definition) is 1. The molecule has 0 aliphatic heterocycles. The molecule has 0 aromatic rings.